The quantitative estimate of drug-likeness (QED) is 0.846. The lowest BCUT2D eigenvalue weighted by molar-refractivity contribution is 0.325. The fraction of sp³-hybridized carbons (Fsp3) is 0.692. The largest absolute Gasteiger partial charge is 0.347 e. The van der Waals surface area contributed by atoms with Gasteiger partial charge in [0.1, 0.15) is 0 Å². The highest BCUT2D eigenvalue weighted by molar-refractivity contribution is 5.06. The van der Waals surface area contributed by atoms with Crippen molar-refractivity contribution in [1.82, 2.24) is 9.55 Å². The molecule has 1 heterocycles. The summed E-state index contributed by atoms with van der Waals surface area (Å²) in [6, 6.07) is 1.94. The Bertz CT molecular complexity index is 435. The van der Waals surface area contributed by atoms with Crippen molar-refractivity contribution in [2.24, 2.45) is 11.1 Å². The van der Waals surface area contributed by atoms with Gasteiger partial charge >= 0.3 is 5.69 Å². The summed E-state index contributed by atoms with van der Waals surface area (Å²) in [6.45, 7) is 9.49. The first-order chi connectivity index (χ1) is 7.85. The highest BCUT2D eigenvalue weighted by Crippen LogP contribution is 2.20. The van der Waals surface area contributed by atoms with Gasteiger partial charge < -0.3 is 5.73 Å². The van der Waals surface area contributed by atoms with Gasteiger partial charge in [-0.3, -0.25) is 4.57 Å². The molecule has 0 bridgehead atoms. The summed E-state index contributed by atoms with van der Waals surface area (Å²) < 4.78 is 1.74. The normalized spacial score (nSPS) is 11.8. The molecule has 0 fully saturated rings. The summed E-state index contributed by atoms with van der Waals surface area (Å²) in [5, 5.41) is 0. The van der Waals surface area contributed by atoms with E-state index in [4.69, 9.17) is 5.73 Å². The van der Waals surface area contributed by atoms with Gasteiger partial charge in [-0.25, -0.2) is 4.79 Å². The molecule has 96 valence electrons. The number of nitrogens with zero attached hydrogens (tertiary/aromatic N) is 2. The average Bonchev–Trinajstić information content (AvgIpc) is 2.22. The Balaban J connectivity index is 2.68. The molecular weight excluding hydrogens is 214 g/mol. The molecule has 2 N–H and O–H groups in total. The third-order valence-electron chi connectivity index (χ3n) is 3.13. The zero-order valence-corrected chi connectivity index (χ0v) is 11.3. The molecule has 0 unspecified atom stereocenters. The highest BCUT2D eigenvalue weighted by Gasteiger charge is 2.15. The van der Waals surface area contributed by atoms with Crippen molar-refractivity contribution < 1.29 is 0 Å². The van der Waals surface area contributed by atoms with Crippen molar-refractivity contribution in [2.75, 3.05) is 6.54 Å². The minimum Gasteiger partial charge on any atom is -0.330 e. The smallest absolute Gasteiger partial charge is 0.330 e. The molecule has 0 amide bonds. The third-order valence-corrected chi connectivity index (χ3v) is 3.13. The van der Waals surface area contributed by atoms with Crippen LogP contribution in [0.5, 0.6) is 0 Å². The SMILES string of the molecule is Cc1cc(C)n(CCCC(C)(C)CN)c(=O)n1. The van der Waals surface area contributed by atoms with Gasteiger partial charge in [0.25, 0.3) is 0 Å². The molecule has 0 saturated carbocycles. The van der Waals surface area contributed by atoms with E-state index in [2.05, 4.69) is 18.8 Å². The predicted octanol–water partition coefficient (Wildman–Crippen LogP) is 1.63. The second-order valence-electron chi connectivity index (χ2n) is 5.45. The van der Waals surface area contributed by atoms with E-state index in [0.717, 1.165) is 30.8 Å². The van der Waals surface area contributed by atoms with Gasteiger partial charge in [-0.05, 0) is 44.7 Å². The standard InChI is InChI=1S/C13H23N3O/c1-10-8-11(2)16(12(17)15-10)7-5-6-13(3,4)9-14/h8H,5-7,9,14H2,1-4H3. The first-order valence-corrected chi connectivity index (χ1v) is 6.11. The predicted molar refractivity (Wildman–Crippen MR) is 70.0 cm³/mol. The van der Waals surface area contributed by atoms with Crippen molar-refractivity contribution in [2.45, 2.75) is 47.1 Å². The number of hydrogen-bond donors (Lipinski definition) is 1. The van der Waals surface area contributed by atoms with E-state index < -0.39 is 0 Å². The maximum absolute atomic E-state index is 11.7. The van der Waals surface area contributed by atoms with E-state index in [1.807, 2.05) is 19.9 Å². The summed E-state index contributed by atoms with van der Waals surface area (Å²) >= 11 is 0. The molecular formula is C13H23N3O. The van der Waals surface area contributed by atoms with Crippen molar-refractivity contribution >= 4 is 0 Å². The van der Waals surface area contributed by atoms with Crippen LogP contribution in [0.25, 0.3) is 0 Å². The van der Waals surface area contributed by atoms with Gasteiger partial charge in [-0.1, -0.05) is 13.8 Å². The second-order valence-corrected chi connectivity index (χ2v) is 5.45. The van der Waals surface area contributed by atoms with Gasteiger partial charge in [0.2, 0.25) is 0 Å². The first kappa shape index (κ1) is 13.9. The van der Waals surface area contributed by atoms with Crippen LogP contribution < -0.4 is 11.4 Å². The van der Waals surface area contributed by atoms with Crippen LogP contribution in [-0.2, 0) is 6.54 Å². The number of hydrogen-bond acceptors (Lipinski definition) is 3. The van der Waals surface area contributed by atoms with Crippen LogP contribution in [0.15, 0.2) is 10.9 Å². The third kappa shape index (κ3) is 3.97. The maximum atomic E-state index is 11.7. The van der Waals surface area contributed by atoms with Crippen molar-refractivity contribution in [3.63, 3.8) is 0 Å². The van der Waals surface area contributed by atoms with E-state index in [9.17, 15) is 4.79 Å². The molecule has 0 atom stereocenters. The number of rotatable bonds is 5. The minimum atomic E-state index is -0.145. The highest BCUT2D eigenvalue weighted by atomic mass is 16.1. The Labute approximate surface area is 103 Å². The van der Waals surface area contributed by atoms with Crippen LogP contribution in [0.2, 0.25) is 0 Å². The molecule has 1 aromatic heterocycles. The van der Waals surface area contributed by atoms with Crippen molar-refractivity contribution in [3.8, 4) is 0 Å². The Kier molecular flexibility index (Phi) is 4.46. The van der Waals surface area contributed by atoms with Crippen molar-refractivity contribution in [1.29, 1.82) is 0 Å². The van der Waals surface area contributed by atoms with Gasteiger partial charge in [0, 0.05) is 17.9 Å². The van der Waals surface area contributed by atoms with Gasteiger partial charge in [-0.2, -0.15) is 4.98 Å². The van der Waals surface area contributed by atoms with E-state index in [1.54, 1.807) is 4.57 Å². The van der Waals surface area contributed by atoms with E-state index >= 15 is 0 Å². The average molecular weight is 237 g/mol. The molecule has 1 aromatic rings. The molecule has 0 saturated heterocycles. The summed E-state index contributed by atoms with van der Waals surface area (Å²) in [4.78, 5) is 15.7. The van der Waals surface area contributed by atoms with Crippen LogP contribution in [0.3, 0.4) is 0 Å². The molecule has 4 nitrogen and oxygen atoms in total. The molecule has 0 radical (unpaired) electrons. The van der Waals surface area contributed by atoms with Crippen LogP contribution >= 0.6 is 0 Å². The Morgan fingerprint density at radius 3 is 2.59 bits per heavy atom. The molecule has 1 rings (SSSR count). The molecule has 0 aliphatic heterocycles. The summed E-state index contributed by atoms with van der Waals surface area (Å²) in [5.74, 6) is 0. The second kappa shape index (κ2) is 5.45. The lowest BCUT2D eigenvalue weighted by Crippen LogP contribution is -2.28. The summed E-state index contributed by atoms with van der Waals surface area (Å²) in [7, 11) is 0. The fourth-order valence-electron chi connectivity index (χ4n) is 1.86. The Morgan fingerprint density at radius 2 is 2.06 bits per heavy atom. The molecule has 0 aromatic carbocycles. The molecule has 0 spiro atoms. The zero-order valence-electron chi connectivity index (χ0n) is 11.3. The maximum Gasteiger partial charge on any atom is 0.347 e. The van der Waals surface area contributed by atoms with E-state index in [0.29, 0.717) is 6.54 Å². The summed E-state index contributed by atoms with van der Waals surface area (Å²) in [5.41, 5.74) is 7.45. The Hall–Kier alpha value is -1.16. The van der Waals surface area contributed by atoms with Crippen LogP contribution in [0, 0.1) is 19.3 Å². The molecule has 4 heteroatoms. The van der Waals surface area contributed by atoms with E-state index in [1.165, 1.54) is 0 Å². The number of aromatic nitrogens is 2. The lowest BCUT2D eigenvalue weighted by atomic mass is 9.88. The van der Waals surface area contributed by atoms with Gasteiger partial charge in [0.05, 0.1) is 0 Å². The lowest BCUT2D eigenvalue weighted by Gasteiger charge is -2.22. The first-order valence-electron chi connectivity index (χ1n) is 6.11. The monoisotopic (exact) mass is 237 g/mol. The molecule has 0 aliphatic carbocycles. The number of aryl methyl sites for hydroxylation is 2. The van der Waals surface area contributed by atoms with Crippen LogP contribution in [-0.4, -0.2) is 16.1 Å². The summed E-state index contributed by atoms with van der Waals surface area (Å²) in [6.07, 6.45) is 1.97. The zero-order chi connectivity index (χ0) is 13.1. The van der Waals surface area contributed by atoms with Crippen LogP contribution in [0.4, 0.5) is 0 Å². The van der Waals surface area contributed by atoms with Crippen LogP contribution in [0.1, 0.15) is 38.1 Å². The number of nitrogens with two attached hydrogens (primary N) is 1. The minimum absolute atomic E-state index is 0.145. The van der Waals surface area contributed by atoms with Gasteiger partial charge in [0.15, 0.2) is 0 Å². The fourth-order valence-corrected chi connectivity index (χ4v) is 1.86. The van der Waals surface area contributed by atoms with Gasteiger partial charge in [-0.15, -0.1) is 0 Å². The van der Waals surface area contributed by atoms with E-state index in [-0.39, 0.29) is 11.1 Å². The topological polar surface area (TPSA) is 60.9 Å². The Morgan fingerprint density at radius 1 is 1.41 bits per heavy atom. The molecule has 0 aliphatic rings. The molecule has 17 heavy (non-hydrogen) atoms. The van der Waals surface area contributed by atoms with Crippen molar-refractivity contribution in [3.05, 3.63) is 27.9 Å².